The van der Waals surface area contributed by atoms with Crippen LogP contribution in [0.5, 0.6) is 11.5 Å². The van der Waals surface area contributed by atoms with Gasteiger partial charge in [-0.25, -0.2) is 4.79 Å². The summed E-state index contributed by atoms with van der Waals surface area (Å²) in [6.07, 6.45) is -1.95. The molecule has 4 aromatic rings. The Morgan fingerprint density at radius 2 is 1.52 bits per heavy atom. The van der Waals surface area contributed by atoms with Crippen molar-refractivity contribution in [2.24, 2.45) is 0 Å². The fourth-order valence-electron chi connectivity index (χ4n) is 5.94. The van der Waals surface area contributed by atoms with Gasteiger partial charge in [0.1, 0.15) is 23.0 Å². The largest absolute Gasteiger partial charge is 0.496 e. The normalized spacial score (nSPS) is 20.8. The molecule has 3 aromatic carbocycles. The van der Waals surface area contributed by atoms with Crippen molar-refractivity contribution >= 4 is 0 Å². The molecule has 0 radical (unpaired) electrons. The van der Waals surface area contributed by atoms with Gasteiger partial charge in [-0.05, 0) is 17.7 Å². The third-order valence-corrected chi connectivity index (χ3v) is 7.54. The second kappa shape index (κ2) is 10.7. The van der Waals surface area contributed by atoms with Crippen LogP contribution in [0.4, 0.5) is 4.39 Å². The van der Waals surface area contributed by atoms with Gasteiger partial charge in [0.2, 0.25) is 5.82 Å². The van der Waals surface area contributed by atoms with Crippen LogP contribution in [0.2, 0.25) is 0 Å². The van der Waals surface area contributed by atoms with Crippen molar-refractivity contribution in [3.63, 3.8) is 0 Å². The van der Waals surface area contributed by atoms with Gasteiger partial charge in [0.25, 0.3) is 5.56 Å². The number of para-hydroxylation sites is 2. The fourth-order valence-corrected chi connectivity index (χ4v) is 5.94. The summed E-state index contributed by atoms with van der Waals surface area (Å²) in [5.41, 5.74) is -4.15. The minimum Gasteiger partial charge on any atom is -0.496 e. The predicted molar refractivity (Wildman–Crippen MR) is 144 cm³/mol. The van der Waals surface area contributed by atoms with E-state index in [1.54, 1.807) is 60.7 Å². The molecule has 1 aliphatic heterocycles. The number of hydrogen-bond donors (Lipinski definition) is 3. The van der Waals surface area contributed by atoms with Crippen molar-refractivity contribution in [3.05, 3.63) is 128 Å². The summed E-state index contributed by atoms with van der Waals surface area (Å²) in [7, 11) is 2.99. The van der Waals surface area contributed by atoms with Crippen molar-refractivity contribution < 1.29 is 28.8 Å². The Labute approximate surface area is 229 Å². The van der Waals surface area contributed by atoms with E-state index < -0.39 is 47.0 Å². The molecule has 0 aliphatic carbocycles. The Kier molecular flexibility index (Phi) is 7.33. The highest BCUT2D eigenvalue weighted by molar-refractivity contribution is 5.61. The van der Waals surface area contributed by atoms with Gasteiger partial charge in [-0.15, -0.1) is 0 Å². The molecule has 3 N–H and O–H groups in total. The molecule has 5 rings (SSSR count). The monoisotopic (exact) mass is 548 g/mol. The lowest BCUT2D eigenvalue weighted by atomic mass is 9.61. The number of ether oxygens (including phenoxy) is 3. The number of aliphatic hydroxyl groups excluding tert-OH is 2. The number of aromatic amines is 1. The number of nitrogens with one attached hydrogen (secondary N) is 1. The van der Waals surface area contributed by atoms with Crippen molar-refractivity contribution in [2.75, 3.05) is 20.8 Å². The van der Waals surface area contributed by atoms with Crippen molar-refractivity contribution in [1.82, 2.24) is 9.55 Å². The van der Waals surface area contributed by atoms with E-state index in [0.717, 1.165) is 10.8 Å². The summed E-state index contributed by atoms with van der Waals surface area (Å²) in [5, 5.41) is 21.4. The lowest BCUT2D eigenvalue weighted by Gasteiger charge is -2.50. The molecule has 0 saturated carbocycles. The Hall–Kier alpha value is -4.25. The van der Waals surface area contributed by atoms with E-state index in [4.69, 9.17) is 14.2 Å². The van der Waals surface area contributed by atoms with Crippen LogP contribution in [-0.2, 0) is 15.9 Å². The molecule has 3 atom stereocenters. The van der Waals surface area contributed by atoms with Gasteiger partial charge in [-0.2, -0.15) is 4.39 Å². The molecule has 0 unspecified atom stereocenters. The second-order valence-corrected chi connectivity index (χ2v) is 9.52. The predicted octanol–water partition coefficient (Wildman–Crippen LogP) is 2.52. The van der Waals surface area contributed by atoms with E-state index in [0.29, 0.717) is 28.2 Å². The molecule has 1 fully saturated rings. The summed E-state index contributed by atoms with van der Waals surface area (Å²) < 4.78 is 34.2. The van der Waals surface area contributed by atoms with E-state index in [9.17, 15) is 19.8 Å². The molecule has 1 aliphatic rings. The third kappa shape index (κ3) is 4.03. The summed E-state index contributed by atoms with van der Waals surface area (Å²) >= 11 is 0. The maximum Gasteiger partial charge on any atom is 0.330 e. The van der Waals surface area contributed by atoms with Crippen LogP contribution in [-0.4, -0.2) is 52.8 Å². The summed E-state index contributed by atoms with van der Waals surface area (Å²) in [4.78, 5) is 27.8. The van der Waals surface area contributed by atoms with E-state index in [2.05, 4.69) is 0 Å². The van der Waals surface area contributed by atoms with Gasteiger partial charge in [0.15, 0.2) is 5.72 Å². The average molecular weight is 549 g/mol. The zero-order valence-corrected chi connectivity index (χ0v) is 21.9. The number of H-pyrrole nitrogens is 1. The van der Waals surface area contributed by atoms with Crippen LogP contribution in [0.3, 0.4) is 0 Å². The molecular weight excluding hydrogens is 519 g/mol. The molecule has 208 valence electrons. The minimum absolute atomic E-state index is 0.283. The number of methoxy groups -OCH3 is 2. The van der Waals surface area contributed by atoms with E-state index in [1.807, 2.05) is 23.2 Å². The van der Waals surface area contributed by atoms with Gasteiger partial charge < -0.3 is 24.4 Å². The summed E-state index contributed by atoms with van der Waals surface area (Å²) in [6.45, 7) is -0.591. The van der Waals surface area contributed by atoms with Crippen LogP contribution in [0.25, 0.3) is 0 Å². The summed E-state index contributed by atoms with van der Waals surface area (Å²) in [5.74, 6) is -0.424. The number of aromatic nitrogens is 2. The first kappa shape index (κ1) is 27.3. The molecule has 2 heterocycles. The van der Waals surface area contributed by atoms with Crippen molar-refractivity contribution in [3.8, 4) is 11.5 Å². The highest BCUT2D eigenvalue weighted by Gasteiger charge is 2.65. The Morgan fingerprint density at radius 1 is 0.975 bits per heavy atom. The lowest BCUT2D eigenvalue weighted by molar-refractivity contribution is -0.148. The van der Waals surface area contributed by atoms with Gasteiger partial charge in [0, 0.05) is 17.5 Å². The third-order valence-electron chi connectivity index (χ3n) is 7.54. The molecule has 1 saturated heterocycles. The molecule has 10 heteroatoms. The van der Waals surface area contributed by atoms with Gasteiger partial charge in [-0.1, -0.05) is 66.7 Å². The number of rotatable bonds is 8. The highest BCUT2D eigenvalue weighted by Crippen LogP contribution is 2.59. The van der Waals surface area contributed by atoms with Crippen LogP contribution in [0.15, 0.2) is 94.6 Å². The van der Waals surface area contributed by atoms with Crippen LogP contribution >= 0.6 is 0 Å². The molecule has 0 bridgehead atoms. The number of nitrogens with zero attached hydrogens (tertiary/aromatic N) is 1. The van der Waals surface area contributed by atoms with E-state index >= 15 is 4.39 Å². The molecule has 1 aromatic heterocycles. The number of aliphatic hydroxyl groups is 2. The molecule has 0 amide bonds. The minimum atomic E-state index is -1.97. The first-order valence-corrected chi connectivity index (χ1v) is 12.6. The average Bonchev–Trinajstić information content (AvgIpc) is 3.33. The van der Waals surface area contributed by atoms with Crippen LogP contribution in [0.1, 0.15) is 23.1 Å². The smallest absolute Gasteiger partial charge is 0.330 e. The SMILES string of the molecule is COc1ccccc1C(c1ccccc1)(c1ccccc1OC)[C@]1(n2cc(F)c(=O)[nH]c2=O)C[C@H](O)[C@@H](CO)O1. The molecule has 9 nitrogen and oxygen atoms in total. The Morgan fingerprint density at radius 3 is 2.05 bits per heavy atom. The molecular formula is C30H29FN2O7. The Balaban J connectivity index is 2.09. The van der Waals surface area contributed by atoms with E-state index in [-0.39, 0.29) is 6.42 Å². The first-order chi connectivity index (χ1) is 19.3. The van der Waals surface area contributed by atoms with Crippen molar-refractivity contribution in [1.29, 1.82) is 0 Å². The highest BCUT2D eigenvalue weighted by atomic mass is 19.1. The quantitative estimate of drug-likeness (QED) is 0.289. The van der Waals surface area contributed by atoms with Gasteiger partial charge in [-0.3, -0.25) is 14.3 Å². The molecule has 40 heavy (non-hydrogen) atoms. The van der Waals surface area contributed by atoms with Crippen LogP contribution in [0, 0.1) is 5.82 Å². The second-order valence-electron chi connectivity index (χ2n) is 9.52. The van der Waals surface area contributed by atoms with E-state index in [1.165, 1.54) is 14.2 Å². The number of halogens is 1. The zero-order valence-electron chi connectivity index (χ0n) is 21.9. The van der Waals surface area contributed by atoms with Gasteiger partial charge in [0.05, 0.1) is 33.1 Å². The Bertz CT molecular complexity index is 1570. The fraction of sp³-hybridized carbons (Fsp3) is 0.267. The standard InChI is InChI=1S/C30H29FN2O7/c1-38-24-14-8-6-12-20(24)30(19-10-4-3-5-11-19,21-13-7-9-15-25(21)39-2)29(16-23(35)26(18-34)40-29)33-17-22(31)27(36)32-28(33)37/h3-15,17,23,26,34-35H,16,18H2,1-2H3,(H,32,36,37)/t23-,26+,29-/m0/s1. The number of benzene rings is 3. The maximum atomic E-state index is 15.0. The number of hydrogen-bond acceptors (Lipinski definition) is 7. The summed E-state index contributed by atoms with van der Waals surface area (Å²) in [6, 6.07) is 23.2. The maximum absolute atomic E-state index is 15.0. The van der Waals surface area contributed by atoms with Crippen molar-refractivity contribution in [2.45, 2.75) is 29.8 Å². The zero-order chi connectivity index (χ0) is 28.5. The topological polar surface area (TPSA) is 123 Å². The molecule has 0 spiro atoms. The first-order valence-electron chi connectivity index (χ1n) is 12.6. The van der Waals surface area contributed by atoms with Crippen LogP contribution < -0.4 is 20.7 Å². The van der Waals surface area contributed by atoms with Gasteiger partial charge >= 0.3 is 5.69 Å². The lowest BCUT2D eigenvalue weighted by Crippen LogP contribution is -2.59.